The maximum absolute atomic E-state index is 13.8. The van der Waals surface area contributed by atoms with Gasteiger partial charge in [-0.05, 0) is 43.7 Å². The monoisotopic (exact) mass is 276 g/mol. The summed E-state index contributed by atoms with van der Waals surface area (Å²) in [4.78, 5) is 25.7. The number of imide groups is 1. The Morgan fingerprint density at radius 1 is 1.25 bits per heavy atom. The normalized spacial score (nSPS) is 29.9. The molecule has 0 radical (unpaired) electrons. The lowest BCUT2D eigenvalue weighted by Gasteiger charge is -2.33. The minimum atomic E-state index is -0.828. The molecular weight excluding hydrogens is 259 g/mol. The molecular formula is C15H17FN2O2. The molecule has 5 heteroatoms. The van der Waals surface area contributed by atoms with Gasteiger partial charge in [-0.3, -0.25) is 4.79 Å². The molecule has 0 bridgehead atoms. The van der Waals surface area contributed by atoms with Crippen LogP contribution in [0.15, 0.2) is 24.3 Å². The Balaban J connectivity index is 1.94. The van der Waals surface area contributed by atoms with E-state index < -0.39 is 17.4 Å². The number of halogens is 1. The van der Waals surface area contributed by atoms with Crippen LogP contribution in [-0.2, 0) is 4.79 Å². The van der Waals surface area contributed by atoms with Gasteiger partial charge in [0.05, 0.1) is 5.69 Å². The highest BCUT2D eigenvalue weighted by molar-refractivity contribution is 6.23. The van der Waals surface area contributed by atoms with Crippen molar-refractivity contribution in [3.05, 3.63) is 30.1 Å². The number of amides is 3. The zero-order chi connectivity index (χ0) is 14.3. The van der Waals surface area contributed by atoms with E-state index in [2.05, 4.69) is 12.2 Å². The van der Waals surface area contributed by atoms with Gasteiger partial charge < -0.3 is 5.32 Å². The Labute approximate surface area is 117 Å². The van der Waals surface area contributed by atoms with E-state index in [-0.39, 0.29) is 11.6 Å². The van der Waals surface area contributed by atoms with Crippen LogP contribution < -0.4 is 10.2 Å². The molecule has 0 atom stereocenters. The van der Waals surface area contributed by atoms with E-state index in [0.29, 0.717) is 18.8 Å². The topological polar surface area (TPSA) is 49.4 Å². The third-order valence-corrected chi connectivity index (χ3v) is 4.38. The molecule has 2 aliphatic rings. The number of hydrogen-bond donors (Lipinski definition) is 1. The Morgan fingerprint density at radius 3 is 2.55 bits per heavy atom. The van der Waals surface area contributed by atoms with E-state index in [1.165, 1.54) is 18.2 Å². The maximum Gasteiger partial charge on any atom is 0.329 e. The van der Waals surface area contributed by atoms with E-state index in [1.807, 2.05) is 0 Å². The number of carbonyl (C=O) groups is 2. The van der Waals surface area contributed by atoms with Crippen LogP contribution in [0.25, 0.3) is 0 Å². The van der Waals surface area contributed by atoms with Gasteiger partial charge in [0.2, 0.25) is 0 Å². The predicted octanol–water partition coefficient (Wildman–Crippen LogP) is 2.83. The molecule has 1 heterocycles. The van der Waals surface area contributed by atoms with Gasteiger partial charge in [0.1, 0.15) is 11.4 Å². The lowest BCUT2D eigenvalue weighted by molar-refractivity contribution is -0.123. The highest BCUT2D eigenvalue weighted by Gasteiger charge is 2.53. The van der Waals surface area contributed by atoms with Crippen molar-refractivity contribution in [1.82, 2.24) is 5.32 Å². The fourth-order valence-corrected chi connectivity index (χ4v) is 3.07. The average molecular weight is 276 g/mol. The second-order valence-corrected chi connectivity index (χ2v) is 5.79. The van der Waals surface area contributed by atoms with Crippen LogP contribution in [0.1, 0.15) is 32.6 Å². The molecule has 1 aliphatic heterocycles. The standard InChI is InChI=1S/C15H17FN2O2/c1-10-6-8-15(9-7-10)13(19)18(14(20)17-15)12-5-3-2-4-11(12)16/h2-5,10H,6-9H2,1H3,(H,17,20). The number of benzene rings is 1. The van der Waals surface area contributed by atoms with Gasteiger partial charge in [-0.1, -0.05) is 19.1 Å². The van der Waals surface area contributed by atoms with E-state index in [9.17, 15) is 14.0 Å². The van der Waals surface area contributed by atoms with Crippen molar-refractivity contribution in [3.63, 3.8) is 0 Å². The van der Waals surface area contributed by atoms with Gasteiger partial charge >= 0.3 is 6.03 Å². The highest BCUT2D eigenvalue weighted by atomic mass is 19.1. The molecule has 1 aliphatic carbocycles. The van der Waals surface area contributed by atoms with Crippen LogP contribution in [0.5, 0.6) is 0 Å². The van der Waals surface area contributed by atoms with Crippen LogP contribution in [-0.4, -0.2) is 17.5 Å². The zero-order valence-corrected chi connectivity index (χ0v) is 11.4. The first-order valence-corrected chi connectivity index (χ1v) is 6.95. The van der Waals surface area contributed by atoms with Gasteiger partial charge in [0.25, 0.3) is 5.91 Å². The second-order valence-electron chi connectivity index (χ2n) is 5.79. The fraction of sp³-hybridized carbons (Fsp3) is 0.467. The Hall–Kier alpha value is -1.91. The number of urea groups is 1. The Bertz CT molecular complexity index is 565. The Morgan fingerprint density at radius 2 is 1.90 bits per heavy atom. The summed E-state index contributed by atoms with van der Waals surface area (Å²) in [5, 5.41) is 2.79. The van der Waals surface area contributed by atoms with Gasteiger partial charge in [0.15, 0.2) is 0 Å². The largest absolute Gasteiger partial charge is 0.329 e. The van der Waals surface area contributed by atoms with E-state index >= 15 is 0 Å². The van der Waals surface area contributed by atoms with Crippen molar-refractivity contribution in [2.75, 3.05) is 4.90 Å². The first-order valence-electron chi connectivity index (χ1n) is 6.95. The van der Waals surface area contributed by atoms with Crippen LogP contribution in [0.4, 0.5) is 14.9 Å². The molecule has 1 saturated heterocycles. The number of para-hydroxylation sites is 1. The van der Waals surface area contributed by atoms with Gasteiger partial charge in [-0.25, -0.2) is 14.1 Å². The molecule has 0 aromatic heterocycles. The van der Waals surface area contributed by atoms with Gasteiger partial charge in [-0.15, -0.1) is 0 Å². The summed E-state index contributed by atoms with van der Waals surface area (Å²) in [5.41, 5.74) is -0.795. The molecule has 106 valence electrons. The Kier molecular flexibility index (Phi) is 3.00. The lowest BCUT2D eigenvalue weighted by Crippen LogP contribution is -2.49. The molecule has 1 saturated carbocycles. The van der Waals surface area contributed by atoms with Gasteiger partial charge in [-0.2, -0.15) is 0 Å². The SMILES string of the molecule is CC1CCC2(CC1)NC(=O)N(c1ccccc1F)C2=O. The maximum atomic E-state index is 13.8. The number of nitrogens with zero attached hydrogens (tertiary/aromatic N) is 1. The van der Waals surface area contributed by atoms with Crippen molar-refractivity contribution >= 4 is 17.6 Å². The summed E-state index contributed by atoms with van der Waals surface area (Å²) in [7, 11) is 0. The van der Waals surface area contributed by atoms with E-state index in [1.54, 1.807) is 6.07 Å². The first-order chi connectivity index (χ1) is 9.53. The summed E-state index contributed by atoms with van der Waals surface area (Å²) in [6.45, 7) is 2.14. The van der Waals surface area contributed by atoms with E-state index in [0.717, 1.165) is 17.7 Å². The van der Waals surface area contributed by atoms with Crippen molar-refractivity contribution in [2.45, 2.75) is 38.1 Å². The molecule has 1 N–H and O–H groups in total. The van der Waals surface area contributed by atoms with E-state index in [4.69, 9.17) is 0 Å². The minimum absolute atomic E-state index is 0.0329. The highest BCUT2D eigenvalue weighted by Crippen LogP contribution is 2.38. The van der Waals surface area contributed by atoms with Crippen LogP contribution >= 0.6 is 0 Å². The molecule has 3 amide bonds. The van der Waals surface area contributed by atoms with Crippen molar-refractivity contribution in [1.29, 1.82) is 0 Å². The number of carbonyl (C=O) groups excluding carboxylic acids is 2. The molecule has 3 rings (SSSR count). The number of rotatable bonds is 1. The fourth-order valence-electron chi connectivity index (χ4n) is 3.07. The first kappa shape index (κ1) is 13.1. The van der Waals surface area contributed by atoms with Crippen LogP contribution in [0, 0.1) is 11.7 Å². The second kappa shape index (κ2) is 4.58. The van der Waals surface area contributed by atoms with Crippen molar-refractivity contribution < 1.29 is 14.0 Å². The smallest absolute Gasteiger partial charge is 0.323 e. The molecule has 4 nitrogen and oxygen atoms in total. The molecule has 0 unspecified atom stereocenters. The minimum Gasteiger partial charge on any atom is -0.323 e. The van der Waals surface area contributed by atoms with Crippen molar-refractivity contribution in [2.24, 2.45) is 5.92 Å². The predicted molar refractivity (Wildman–Crippen MR) is 72.8 cm³/mol. The average Bonchev–Trinajstić information content (AvgIpc) is 2.66. The molecule has 20 heavy (non-hydrogen) atoms. The summed E-state index contributed by atoms with van der Waals surface area (Å²) < 4.78 is 13.8. The van der Waals surface area contributed by atoms with Crippen molar-refractivity contribution in [3.8, 4) is 0 Å². The number of hydrogen-bond acceptors (Lipinski definition) is 2. The summed E-state index contributed by atoms with van der Waals surface area (Å²) in [5.74, 6) is -0.315. The molecule has 1 aromatic carbocycles. The van der Waals surface area contributed by atoms with Gasteiger partial charge in [0, 0.05) is 0 Å². The zero-order valence-electron chi connectivity index (χ0n) is 11.4. The number of nitrogens with one attached hydrogen (secondary N) is 1. The summed E-state index contributed by atoms with van der Waals surface area (Å²) >= 11 is 0. The lowest BCUT2D eigenvalue weighted by atomic mass is 9.77. The van der Waals surface area contributed by atoms with Crippen LogP contribution in [0.2, 0.25) is 0 Å². The molecule has 1 aromatic rings. The summed E-state index contributed by atoms with van der Waals surface area (Å²) in [6, 6.07) is 5.35. The van der Waals surface area contributed by atoms with Crippen LogP contribution in [0.3, 0.4) is 0 Å². The summed E-state index contributed by atoms with van der Waals surface area (Å²) in [6.07, 6.45) is 3.06. The molecule has 2 fully saturated rings. The third-order valence-electron chi connectivity index (χ3n) is 4.38. The third kappa shape index (κ3) is 1.88. The number of anilines is 1. The quantitative estimate of drug-likeness (QED) is 0.802. The molecule has 1 spiro atoms.